The van der Waals surface area contributed by atoms with E-state index in [4.69, 9.17) is 28.6 Å². The molecule has 0 radical (unpaired) electrons. The Morgan fingerprint density at radius 2 is 1.88 bits per heavy atom. The molecular formula is C26H23ClFN3O2S. The van der Waals surface area contributed by atoms with E-state index in [1.165, 1.54) is 12.1 Å². The molecule has 5 nitrogen and oxygen atoms in total. The Kier molecular flexibility index (Phi) is 5.49. The number of benzene rings is 3. The van der Waals surface area contributed by atoms with Gasteiger partial charge in [-0.05, 0) is 87.1 Å². The van der Waals surface area contributed by atoms with E-state index < -0.39 is 17.7 Å². The molecule has 2 aliphatic heterocycles. The summed E-state index contributed by atoms with van der Waals surface area (Å²) in [5.74, 6) is -0.700. The lowest BCUT2D eigenvalue weighted by molar-refractivity contribution is -0.130. The largest absolute Gasteiger partial charge is 0.467 e. The van der Waals surface area contributed by atoms with Gasteiger partial charge < -0.3 is 15.4 Å². The summed E-state index contributed by atoms with van der Waals surface area (Å²) >= 11 is 12.0. The molecule has 2 bridgehead atoms. The second kappa shape index (κ2) is 8.25. The van der Waals surface area contributed by atoms with Crippen molar-refractivity contribution in [1.82, 2.24) is 5.32 Å². The molecule has 0 unspecified atom stereocenters. The Morgan fingerprint density at radius 1 is 1.15 bits per heavy atom. The zero-order chi connectivity index (χ0) is 24.2. The predicted molar refractivity (Wildman–Crippen MR) is 136 cm³/mol. The number of halogens is 2. The topological polar surface area (TPSA) is 53.6 Å². The Labute approximate surface area is 207 Å². The van der Waals surface area contributed by atoms with Crippen LogP contribution in [0.5, 0.6) is 5.75 Å². The molecule has 174 valence electrons. The van der Waals surface area contributed by atoms with Gasteiger partial charge in [-0.25, -0.2) is 4.39 Å². The third-order valence-corrected chi connectivity index (χ3v) is 7.00. The number of carbonyl (C=O) groups excluding carboxylic acids is 1. The second-order valence-corrected chi connectivity index (χ2v) is 9.69. The maximum atomic E-state index is 13.9. The van der Waals surface area contributed by atoms with E-state index >= 15 is 0 Å². The highest BCUT2D eigenvalue weighted by atomic mass is 35.5. The van der Waals surface area contributed by atoms with Gasteiger partial charge in [0.15, 0.2) is 10.8 Å². The maximum Gasteiger partial charge on any atom is 0.236 e. The Hall–Kier alpha value is -3.16. The first-order valence-electron chi connectivity index (χ1n) is 10.9. The summed E-state index contributed by atoms with van der Waals surface area (Å²) in [5, 5.41) is 7.32. The van der Waals surface area contributed by atoms with Crippen LogP contribution in [0.15, 0.2) is 60.7 Å². The lowest BCUT2D eigenvalue weighted by Crippen LogP contribution is -2.72. The van der Waals surface area contributed by atoms with Crippen LogP contribution in [-0.2, 0) is 4.79 Å². The summed E-state index contributed by atoms with van der Waals surface area (Å²) in [6.45, 7) is 5.79. The number of nitrogens with zero attached hydrogens (tertiary/aromatic N) is 1. The molecule has 0 aromatic heterocycles. The molecule has 0 saturated carbocycles. The van der Waals surface area contributed by atoms with E-state index in [1.54, 1.807) is 35.2 Å². The number of nitrogens with one attached hydrogen (secondary N) is 2. The van der Waals surface area contributed by atoms with Gasteiger partial charge in [-0.15, -0.1) is 0 Å². The predicted octanol–water partition coefficient (Wildman–Crippen LogP) is 5.90. The van der Waals surface area contributed by atoms with Crippen LogP contribution in [0.4, 0.5) is 15.8 Å². The fourth-order valence-corrected chi connectivity index (χ4v) is 5.49. The third-order valence-electron chi connectivity index (χ3n) is 6.47. The lowest BCUT2D eigenvalue weighted by atomic mass is 9.78. The molecule has 3 atom stereocenters. The molecule has 5 rings (SSSR count). The number of amides is 1. The fourth-order valence-electron chi connectivity index (χ4n) is 4.90. The van der Waals surface area contributed by atoms with Gasteiger partial charge in [0, 0.05) is 22.0 Å². The fraction of sp³-hybridized carbons (Fsp3) is 0.231. The van der Waals surface area contributed by atoms with E-state index in [1.807, 2.05) is 39.0 Å². The molecule has 8 heteroatoms. The number of ether oxygens (including phenoxy) is 1. The van der Waals surface area contributed by atoms with Gasteiger partial charge in [0.2, 0.25) is 5.91 Å². The zero-order valence-corrected chi connectivity index (χ0v) is 20.4. The summed E-state index contributed by atoms with van der Waals surface area (Å²) in [7, 11) is 0. The number of aryl methyl sites for hydroxylation is 2. The number of hydrogen-bond donors (Lipinski definition) is 2. The van der Waals surface area contributed by atoms with Gasteiger partial charge in [0.1, 0.15) is 17.5 Å². The van der Waals surface area contributed by atoms with Crippen molar-refractivity contribution in [3.63, 3.8) is 0 Å². The number of anilines is 2. The summed E-state index contributed by atoms with van der Waals surface area (Å²) in [5.41, 5.74) is 2.98. The molecule has 2 N–H and O–H groups in total. The monoisotopic (exact) mass is 495 g/mol. The van der Waals surface area contributed by atoms with Crippen LogP contribution < -0.4 is 20.3 Å². The molecule has 0 spiro atoms. The number of hydrogen-bond acceptors (Lipinski definition) is 3. The minimum absolute atomic E-state index is 0.229. The van der Waals surface area contributed by atoms with Crippen molar-refractivity contribution in [3.05, 3.63) is 88.2 Å². The molecule has 3 aromatic rings. The molecule has 3 aromatic carbocycles. The molecule has 2 heterocycles. The van der Waals surface area contributed by atoms with E-state index in [9.17, 15) is 9.18 Å². The van der Waals surface area contributed by atoms with Crippen molar-refractivity contribution in [2.75, 3.05) is 10.2 Å². The highest BCUT2D eigenvalue weighted by Crippen LogP contribution is 2.50. The van der Waals surface area contributed by atoms with E-state index in [2.05, 4.69) is 10.6 Å². The minimum Gasteiger partial charge on any atom is -0.467 e. The van der Waals surface area contributed by atoms with Crippen LogP contribution >= 0.6 is 23.8 Å². The van der Waals surface area contributed by atoms with Gasteiger partial charge >= 0.3 is 0 Å². The van der Waals surface area contributed by atoms with Crippen molar-refractivity contribution in [2.45, 2.75) is 32.5 Å². The smallest absolute Gasteiger partial charge is 0.236 e. The standard InChI is InChI=1S/C26H23ClFN3O2S/c1-14-4-10-20(15(2)12-14)29-24(32)22-23-19-13-16(27)5-11-21(19)33-26(22,3)31(25(34)30-23)18-8-6-17(28)7-9-18/h4-13,22-23H,1-3H3,(H,29,32)(H,30,34)/t22-,23+,26+/m1/s1. The number of fused-ring (bicyclic) bond motifs is 4. The van der Waals surface area contributed by atoms with Crippen molar-refractivity contribution >= 4 is 46.2 Å². The molecule has 1 fully saturated rings. The first-order valence-corrected chi connectivity index (χ1v) is 11.7. The Morgan fingerprint density at radius 3 is 2.59 bits per heavy atom. The van der Waals surface area contributed by atoms with E-state index in [0.717, 1.165) is 22.4 Å². The molecule has 34 heavy (non-hydrogen) atoms. The first kappa shape index (κ1) is 22.6. The average molecular weight is 496 g/mol. The Balaban J connectivity index is 1.63. The van der Waals surface area contributed by atoms with Crippen LogP contribution in [0.1, 0.15) is 29.7 Å². The lowest BCUT2D eigenvalue weighted by Gasteiger charge is -2.56. The van der Waals surface area contributed by atoms with Gasteiger partial charge in [-0.1, -0.05) is 29.3 Å². The van der Waals surface area contributed by atoms with Crippen LogP contribution in [0.3, 0.4) is 0 Å². The number of thiocarbonyl (C=S) groups is 1. The normalized spacial score (nSPS) is 23.0. The van der Waals surface area contributed by atoms with Crippen LogP contribution in [0, 0.1) is 25.6 Å². The SMILES string of the molecule is Cc1ccc(NC(=O)[C@H]2[C@H]3NC(=S)N(c4ccc(F)cc4)[C@@]2(C)Oc2ccc(Cl)cc23)c(C)c1. The van der Waals surface area contributed by atoms with Crippen LogP contribution in [-0.4, -0.2) is 16.7 Å². The average Bonchev–Trinajstić information content (AvgIpc) is 2.77. The van der Waals surface area contributed by atoms with Crippen molar-refractivity contribution < 1.29 is 13.9 Å². The summed E-state index contributed by atoms with van der Waals surface area (Å²) in [4.78, 5) is 15.6. The van der Waals surface area contributed by atoms with E-state index in [-0.39, 0.29) is 11.7 Å². The van der Waals surface area contributed by atoms with Gasteiger partial charge in [0.25, 0.3) is 0 Å². The molecule has 1 amide bonds. The quantitative estimate of drug-likeness (QED) is 0.443. The highest BCUT2D eigenvalue weighted by molar-refractivity contribution is 7.80. The summed E-state index contributed by atoms with van der Waals surface area (Å²) in [6.07, 6.45) is 0. The Bertz CT molecular complexity index is 1320. The van der Waals surface area contributed by atoms with Gasteiger partial charge in [0.05, 0.1) is 6.04 Å². The van der Waals surface area contributed by atoms with Crippen LogP contribution in [0.25, 0.3) is 0 Å². The summed E-state index contributed by atoms with van der Waals surface area (Å²) in [6, 6.07) is 16.7. The second-order valence-electron chi connectivity index (χ2n) is 8.86. The minimum atomic E-state index is -1.19. The zero-order valence-electron chi connectivity index (χ0n) is 18.9. The first-order chi connectivity index (χ1) is 16.2. The maximum absolute atomic E-state index is 13.9. The molecule has 2 aliphatic rings. The van der Waals surface area contributed by atoms with Gasteiger partial charge in [-0.2, -0.15) is 0 Å². The number of carbonyl (C=O) groups is 1. The number of rotatable bonds is 3. The third kappa shape index (κ3) is 3.69. The highest BCUT2D eigenvalue weighted by Gasteiger charge is 2.59. The molecule has 1 saturated heterocycles. The molecular weight excluding hydrogens is 473 g/mol. The van der Waals surface area contributed by atoms with Gasteiger partial charge in [-0.3, -0.25) is 9.69 Å². The molecule has 0 aliphatic carbocycles. The van der Waals surface area contributed by atoms with E-state index in [0.29, 0.717) is 21.6 Å². The van der Waals surface area contributed by atoms with Crippen LogP contribution in [0.2, 0.25) is 5.02 Å². The summed E-state index contributed by atoms with van der Waals surface area (Å²) < 4.78 is 20.2. The van der Waals surface area contributed by atoms with Crippen molar-refractivity contribution in [1.29, 1.82) is 0 Å². The van der Waals surface area contributed by atoms with Crippen molar-refractivity contribution in [2.24, 2.45) is 5.92 Å². The van der Waals surface area contributed by atoms with Crippen molar-refractivity contribution in [3.8, 4) is 5.75 Å².